The number of anilines is 2. The fourth-order valence-electron chi connectivity index (χ4n) is 4.72. The van der Waals surface area contributed by atoms with Gasteiger partial charge < -0.3 is 25.0 Å². The third-order valence-corrected chi connectivity index (χ3v) is 6.62. The van der Waals surface area contributed by atoms with Crippen molar-refractivity contribution in [2.75, 3.05) is 44.5 Å². The second kappa shape index (κ2) is 12.8. The highest BCUT2D eigenvalue weighted by molar-refractivity contribution is 5.92. The van der Waals surface area contributed by atoms with Gasteiger partial charge in [-0.25, -0.2) is 9.37 Å². The number of halogens is 1. The summed E-state index contributed by atoms with van der Waals surface area (Å²) in [4.78, 5) is 23.2. The van der Waals surface area contributed by atoms with Crippen LogP contribution >= 0.6 is 0 Å². The van der Waals surface area contributed by atoms with Gasteiger partial charge in [0.25, 0.3) is 0 Å². The van der Waals surface area contributed by atoms with Gasteiger partial charge in [-0.2, -0.15) is 4.98 Å². The molecular formula is C28H34FN5O3. The number of methoxy groups -OCH3 is 2. The highest BCUT2D eigenvalue weighted by atomic mass is 19.1. The summed E-state index contributed by atoms with van der Waals surface area (Å²) < 4.78 is 25.1. The molecule has 196 valence electrons. The van der Waals surface area contributed by atoms with E-state index in [1.807, 2.05) is 11.8 Å². The Balaban J connectivity index is 0.000000262. The van der Waals surface area contributed by atoms with Crippen molar-refractivity contribution in [3.63, 3.8) is 0 Å². The van der Waals surface area contributed by atoms with Crippen molar-refractivity contribution in [2.24, 2.45) is 0 Å². The third kappa shape index (κ3) is 6.02. The lowest BCUT2D eigenvalue weighted by Crippen LogP contribution is -2.52. The molecule has 1 aromatic heterocycles. The first-order chi connectivity index (χ1) is 18.0. The maximum absolute atomic E-state index is 14.8. The van der Waals surface area contributed by atoms with Crippen molar-refractivity contribution in [3.8, 4) is 24.3 Å². The van der Waals surface area contributed by atoms with Gasteiger partial charge in [-0.1, -0.05) is 24.3 Å². The molecule has 2 N–H and O–H groups in total. The number of ether oxygens (including phenoxy) is 2. The number of nitrogens with zero attached hydrogens (tertiary/aromatic N) is 4. The second-order valence-corrected chi connectivity index (χ2v) is 8.85. The smallest absolute Gasteiger partial charge is 0.228 e. The summed E-state index contributed by atoms with van der Waals surface area (Å²) in [5.41, 5.74) is 9.27. The number of rotatable bonds is 4. The van der Waals surface area contributed by atoms with Crippen molar-refractivity contribution in [1.29, 1.82) is 0 Å². The van der Waals surface area contributed by atoms with Crippen LogP contribution in [0.25, 0.3) is 10.9 Å². The molecule has 1 amide bonds. The molecule has 1 aliphatic carbocycles. The molecule has 2 heterocycles. The summed E-state index contributed by atoms with van der Waals surface area (Å²) >= 11 is 0. The Kier molecular flexibility index (Phi) is 9.50. The molecule has 1 atom stereocenters. The zero-order chi connectivity index (χ0) is 26.9. The average Bonchev–Trinajstić information content (AvgIpc) is 2.94. The topological polar surface area (TPSA) is 93.8 Å². The minimum absolute atomic E-state index is 0.0148. The van der Waals surface area contributed by atoms with Crippen LogP contribution in [-0.4, -0.2) is 61.2 Å². The molecule has 0 unspecified atom stereocenters. The van der Waals surface area contributed by atoms with Gasteiger partial charge in [0.2, 0.25) is 12.4 Å². The molecule has 1 fully saturated rings. The Morgan fingerprint density at radius 3 is 2.27 bits per heavy atom. The summed E-state index contributed by atoms with van der Waals surface area (Å²) in [7, 11) is 2.78. The van der Waals surface area contributed by atoms with Crippen LogP contribution in [0.1, 0.15) is 30.9 Å². The normalized spacial score (nSPS) is 16.4. The van der Waals surface area contributed by atoms with E-state index < -0.39 is 5.82 Å². The third-order valence-electron chi connectivity index (χ3n) is 6.62. The summed E-state index contributed by atoms with van der Waals surface area (Å²) in [6.45, 7) is 3.58. The van der Waals surface area contributed by atoms with Gasteiger partial charge in [-0.05, 0) is 49.8 Å². The number of benzene rings is 2. The van der Waals surface area contributed by atoms with E-state index in [1.165, 1.54) is 39.9 Å². The quantitative estimate of drug-likeness (QED) is 0.423. The molecule has 0 bridgehead atoms. The highest BCUT2D eigenvalue weighted by Crippen LogP contribution is 2.37. The largest absolute Gasteiger partial charge is 0.493 e. The number of piperazine rings is 1. The second-order valence-electron chi connectivity index (χ2n) is 8.85. The molecule has 1 saturated heterocycles. The van der Waals surface area contributed by atoms with Crippen molar-refractivity contribution in [1.82, 2.24) is 14.9 Å². The molecule has 37 heavy (non-hydrogen) atoms. The molecule has 9 heteroatoms. The molecule has 8 nitrogen and oxygen atoms in total. The van der Waals surface area contributed by atoms with E-state index in [1.54, 1.807) is 22.1 Å². The molecule has 3 aromatic rings. The maximum atomic E-state index is 14.8. The summed E-state index contributed by atoms with van der Waals surface area (Å²) in [5, 5.41) is 0.359. The number of carbonyl (C=O) groups excluding carboxylic acids is 1. The molecule has 1 aliphatic heterocycles. The number of terminal acetylenes is 1. The van der Waals surface area contributed by atoms with Crippen molar-refractivity contribution in [3.05, 3.63) is 47.3 Å². The zero-order valence-electron chi connectivity index (χ0n) is 21.6. The Hall–Kier alpha value is -4.06. The molecule has 0 saturated carbocycles. The number of nitrogens with two attached hydrogens (primary N) is 1. The number of aromatic nitrogens is 2. The van der Waals surface area contributed by atoms with Crippen LogP contribution in [-0.2, 0) is 17.6 Å². The lowest BCUT2D eigenvalue weighted by atomic mass is 9.92. The summed E-state index contributed by atoms with van der Waals surface area (Å²) in [5.74, 6) is 0.0341. The van der Waals surface area contributed by atoms with Crippen molar-refractivity contribution < 1.29 is 18.7 Å². The molecule has 0 radical (unpaired) electrons. The van der Waals surface area contributed by atoms with E-state index in [2.05, 4.69) is 47.1 Å². The number of fused-ring (bicyclic) bond motifs is 2. The number of hydrogen-bond acceptors (Lipinski definition) is 7. The first-order valence-electron chi connectivity index (χ1n) is 12.2. The van der Waals surface area contributed by atoms with Crippen LogP contribution in [0, 0.1) is 18.7 Å². The van der Waals surface area contributed by atoms with Crippen LogP contribution in [0.5, 0.6) is 11.5 Å². The monoisotopic (exact) mass is 507 g/mol. The Labute approximate surface area is 217 Å². The first-order valence-corrected chi connectivity index (χ1v) is 12.2. The Bertz CT molecular complexity index is 1220. The average molecular weight is 508 g/mol. The summed E-state index contributed by atoms with van der Waals surface area (Å²) in [6, 6.07) is 10.3. The van der Waals surface area contributed by atoms with Gasteiger partial charge >= 0.3 is 0 Å². The van der Waals surface area contributed by atoms with Crippen LogP contribution < -0.4 is 20.1 Å². The lowest BCUT2D eigenvalue weighted by Gasteiger charge is -2.38. The Morgan fingerprint density at radius 2 is 1.73 bits per heavy atom. The zero-order valence-corrected chi connectivity index (χ0v) is 21.6. The van der Waals surface area contributed by atoms with Gasteiger partial charge in [0, 0.05) is 31.1 Å². The molecule has 2 aromatic carbocycles. The standard InChI is InChI=1S/C16H20FN5O3.C10H12.C2H2/c1-9-7-21(8-23)4-5-22(9)16-19-13-10(15(18)20-16)6-11(24-2)14(25-3)12(13)17;1-2-6-10-8-4-3-7-9(10)5-1;1-2/h6,8-9H,4-5,7H2,1-3H3,(H2,18,19,20);1-2,5-6H,3-4,7-8H2;1-2H/t9-;;/m0../s1. The minimum atomic E-state index is -0.647. The SMILES string of the molecule is C#C.COc1cc2c(N)nc(N3CCN(C=O)C[C@@H]3C)nc2c(F)c1OC.c1ccc2c(c1)CCCC2. The number of aryl methyl sites for hydroxylation is 2. The number of carbonyl (C=O) groups is 1. The molecular weight excluding hydrogens is 473 g/mol. The van der Waals surface area contributed by atoms with Crippen LogP contribution in [0.15, 0.2) is 30.3 Å². The van der Waals surface area contributed by atoms with E-state index >= 15 is 0 Å². The predicted molar refractivity (Wildman–Crippen MR) is 144 cm³/mol. The number of nitrogen functional groups attached to an aromatic ring is 1. The van der Waals surface area contributed by atoms with Crippen molar-refractivity contribution >= 4 is 29.1 Å². The van der Waals surface area contributed by atoms with E-state index in [0.717, 1.165) is 6.41 Å². The maximum Gasteiger partial charge on any atom is 0.228 e. The number of hydrogen-bond donors (Lipinski definition) is 1. The van der Waals surface area contributed by atoms with E-state index in [-0.39, 0.29) is 28.9 Å². The minimum Gasteiger partial charge on any atom is -0.493 e. The molecule has 2 aliphatic rings. The lowest BCUT2D eigenvalue weighted by molar-refractivity contribution is -0.118. The van der Waals surface area contributed by atoms with E-state index in [0.29, 0.717) is 31.0 Å². The number of amides is 1. The summed E-state index contributed by atoms with van der Waals surface area (Å²) in [6.07, 6.45) is 14.2. The molecule has 0 spiro atoms. The van der Waals surface area contributed by atoms with Crippen molar-refractivity contribution in [2.45, 2.75) is 38.6 Å². The highest BCUT2D eigenvalue weighted by Gasteiger charge is 2.27. The van der Waals surface area contributed by atoms with Crippen LogP contribution in [0.2, 0.25) is 0 Å². The fraction of sp³-hybridized carbons (Fsp3) is 0.393. The van der Waals surface area contributed by atoms with Crippen LogP contribution in [0.4, 0.5) is 16.2 Å². The van der Waals surface area contributed by atoms with Gasteiger partial charge in [0.1, 0.15) is 11.3 Å². The van der Waals surface area contributed by atoms with Gasteiger partial charge in [0.15, 0.2) is 17.3 Å². The van der Waals surface area contributed by atoms with E-state index in [4.69, 9.17) is 15.2 Å². The molecule has 5 rings (SSSR count). The first kappa shape index (κ1) is 27.5. The fourth-order valence-corrected chi connectivity index (χ4v) is 4.72. The predicted octanol–water partition coefficient (Wildman–Crippen LogP) is 3.85. The van der Waals surface area contributed by atoms with Gasteiger partial charge in [0.05, 0.1) is 14.2 Å². The van der Waals surface area contributed by atoms with E-state index in [9.17, 15) is 9.18 Å². The van der Waals surface area contributed by atoms with Gasteiger partial charge in [-0.15, -0.1) is 12.8 Å². The van der Waals surface area contributed by atoms with Gasteiger partial charge in [-0.3, -0.25) is 4.79 Å². The van der Waals surface area contributed by atoms with Crippen LogP contribution in [0.3, 0.4) is 0 Å². The Morgan fingerprint density at radius 1 is 1.08 bits per heavy atom.